The quantitative estimate of drug-likeness (QED) is 0.0922. The highest BCUT2D eigenvalue weighted by Gasteiger charge is 2.36. The van der Waals surface area contributed by atoms with Gasteiger partial charge in [-0.25, -0.2) is 0 Å². The molecule has 43 heavy (non-hydrogen) atoms. The minimum Gasteiger partial charge on any atom is -0.511 e. The normalized spacial score (nSPS) is 12.3. The van der Waals surface area contributed by atoms with E-state index in [2.05, 4.69) is 118 Å². The van der Waals surface area contributed by atoms with Gasteiger partial charge in [-0.15, -0.1) is 0 Å². The fraction of sp³-hybridized carbons (Fsp3) is 0.368. The van der Waals surface area contributed by atoms with Crippen molar-refractivity contribution in [3.05, 3.63) is 96.1 Å². The van der Waals surface area contributed by atoms with E-state index in [9.17, 15) is 0 Å². The summed E-state index contributed by atoms with van der Waals surface area (Å²) in [7, 11) is -2.05. The van der Waals surface area contributed by atoms with Gasteiger partial charge in [0.1, 0.15) is 5.75 Å². The van der Waals surface area contributed by atoms with Gasteiger partial charge in [-0.05, 0) is 83.7 Å². The Bertz CT molecular complexity index is 1670. The lowest BCUT2D eigenvalue weighted by atomic mass is 9.96. The van der Waals surface area contributed by atoms with E-state index in [0.29, 0.717) is 27.9 Å². The number of hydrogen-bond donors (Lipinski definition) is 2. The van der Waals surface area contributed by atoms with Crippen molar-refractivity contribution < 1.29 is 14.7 Å². The molecule has 0 aromatic heterocycles. The van der Waals surface area contributed by atoms with Crippen molar-refractivity contribution in [2.24, 2.45) is 0 Å². The molecular formula is C38H48BO3P. The van der Waals surface area contributed by atoms with Crippen molar-refractivity contribution in [2.45, 2.75) is 91.4 Å². The van der Waals surface area contributed by atoms with Crippen LogP contribution < -0.4 is 9.96 Å². The summed E-state index contributed by atoms with van der Waals surface area (Å²) in [4.78, 5) is 0. The predicted molar refractivity (Wildman–Crippen MR) is 190 cm³/mol. The van der Waals surface area contributed by atoms with Crippen LogP contribution in [0.25, 0.3) is 32.3 Å². The van der Waals surface area contributed by atoms with Gasteiger partial charge >= 0.3 is 7.32 Å². The van der Waals surface area contributed by atoms with Gasteiger partial charge < -0.3 is 14.7 Å². The Hall–Kier alpha value is -2.91. The van der Waals surface area contributed by atoms with E-state index in [1.54, 1.807) is 11.4 Å². The zero-order valence-corrected chi connectivity index (χ0v) is 28.5. The van der Waals surface area contributed by atoms with E-state index < -0.39 is 7.32 Å². The van der Waals surface area contributed by atoms with Crippen LogP contribution in [0.3, 0.4) is 0 Å². The Kier molecular flexibility index (Phi) is 9.97. The molecule has 226 valence electrons. The summed E-state index contributed by atoms with van der Waals surface area (Å²) in [5.74, 6) is 1.66. The van der Waals surface area contributed by atoms with E-state index in [1.165, 1.54) is 16.5 Å². The second-order valence-corrected chi connectivity index (χ2v) is 18.0. The van der Waals surface area contributed by atoms with Gasteiger partial charge in [-0.3, -0.25) is 0 Å². The molecule has 0 aliphatic rings. The molecular weight excluding hydrogens is 546 g/mol. The summed E-state index contributed by atoms with van der Waals surface area (Å²) < 4.78 is 5.16. The number of rotatable bonds is 5. The highest BCUT2D eigenvalue weighted by atomic mass is 31.1. The molecule has 0 radical (unpaired) electrons. The minimum atomic E-state index is -1.83. The van der Waals surface area contributed by atoms with Crippen molar-refractivity contribution in [1.29, 1.82) is 0 Å². The summed E-state index contributed by atoms with van der Waals surface area (Å²) in [5, 5.41) is 26.9. The number of benzene rings is 5. The van der Waals surface area contributed by atoms with Crippen molar-refractivity contribution in [1.82, 2.24) is 0 Å². The fourth-order valence-corrected chi connectivity index (χ4v) is 10.3. The summed E-state index contributed by atoms with van der Waals surface area (Å²) in [6.07, 6.45) is 0. The molecule has 0 fully saturated rings. The Morgan fingerprint density at radius 3 is 1.63 bits per heavy atom. The van der Waals surface area contributed by atoms with E-state index in [-0.39, 0.29) is 7.92 Å². The maximum absolute atomic E-state index is 9.14. The maximum atomic E-state index is 9.14. The van der Waals surface area contributed by atoms with E-state index >= 15 is 0 Å². The van der Waals surface area contributed by atoms with E-state index in [0.717, 1.165) is 26.9 Å². The van der Waals surface area contributed by atoms with E-state index in [1.807, 2.05) is 30.3 Å². The lowest BCUT2D eigenvalue weighted by Gasteiger charge is -2.42. The van der Waals surface area contributed by atoms with Gasteiger partial charge in [0.2, 0.25) is 0 Å². The second kappa shape index (κ2) is 13.0. The molecule has 2 N–H and O–H groups in total. The Labute approximate surface area is 260 Å². The van der Waals surface area contributed by atoms with Crippen LogP contribution in [0.1, 0.15) is 92.2 Å². The molecule has 5 heteroatoms. The third-order valence-corrected chi connectivity index (χ3v) is 11.3. The summed E-state index contributed by atoms with van der Waals surface area (Å²) in [6.45, 7) is 23.6. The smallest absolute Gasteiger partial charge is 0.511 e. The molecule has 0 heterocycles. The van der Waals surface area contributed by atoms with Crippen LogP contribution in [-0.4, -0.2) is 27.7 Å². The van der Waals surface area contributed by atoms with Gasteiger partial charge in [0.15, 0.2) is 0 Å². The van der Waals surface area contributed by atoms with Gasteiger partial charge in [-0.1, -0.05) is 144 Å². The minimum absolute atomic E-state index is 0.220. The first-order valence-corrected chi connectivity index (χ1v) is 16.7. The van der Waals surface area contributed by atoms with Crippen LogP contribution in [0.15, 0.2) is 84.9 Å². The number of fused-ring (bicyclic) bond motifs is 4. The average molecular weight is 595 g/mol. The first kappa shape index (κ1) is 33.0. The monoisotopic (exact) mass is 594 g/mol. The molecule has 5 rings (SSSR count). The molecule has 0 aliphatic heterocycles. The molecule has 5 aromatic carbocycles. The second-order valence-electron chi connectivity index (χ2n) is 14.1. The van der Waals surface area contributed by atoms with Crippen LogP contribution >= 0.6 is 7.92 Å². The molecule has 0 amide bonds. The SMILES string of the molecule is CC(C)c1cc(C(C)C)cc(P(C(C)(C)C)C(C)(C)C)c1.OB(O)Oc1cccc2ccc3cc4ccccc4cc3c12. The number of hydrogen-bond acceptors (Lipinski definition) is 3. The molecule has 0 saturated heterocycles. The largest absolute Gasteiger partial charge is 0.707 e. The van der Waals surface area contributed by atoms with Gasteiger partial charge in [-0.2, -0.15) is 0 Å². The van der Waals surface area contributed by atoms with Gasteiger partial charge in [0, 0.05) is 5.39 Å². The zero-order chi connectivity index (χ0) is 31.7. The van der Waals surface area contributed by atoms with Crippen molar-refractivity contribution in [3.63, 3.8) is 0 Å². The van der Waals surface area contributed by atoms with Crippen LogP contribution in [0, 0.1) is 0 Å². The van der Waals surface area contributed by atoms with Crippen LogP contribution in [0.2, 0.25) is 0 Å². The van der Waals surface area contributed by atoms with Crippen LogP contribution in [0.5, 0.6) is 5.75 Å². The maximum Gasteiger partial charge on any atom is 0.707 e. The molecule has 5 aromatic rings. The first-order chi connectivity index (χ1) is 20.1. The topological polar surface area (TPSA) is 49.7 Å². The van der Waals surface area contributed by atoms with Crippen LogP contribution in [0.4, 0.5) is 0 Å². The highest BCUT2D eigenvalue weighted by molar-refractivity contribution is 7.68. The third-order valence-electron chi connectivity index (χ3n) is 7.82. The van der Waals surface area contributed by atoms with Gasteiger partial charge in [0.25, 0.3) is 0 Å². The lowest BCUT2D eigenvalue weighted by Crippen LogP contribution is -2.31. The summed E-state index contributed by atoms with van der Waals surface area (Å²) in [5.41, 5.74) is 2.99. The average Bonchev–Trinajstić information content (AvgIpc) is 2.90. The zero-order valence-electron chi connectivity index (χ0n) is 27.6. The van der Waals surface area contributed by atoms with E-state index in [4.69, 9.17) is 14.7 Å². The molecule has 0 unspecified atom stereocenters. The lowest BCUT2D eigenvalue weighted by molar-refractivity contribution is 0.289. The van der Waals surface area contributed by atoms with Crippen molar-refractivity contribution in [3.8, 4) is 5.75 Å². The van der Waals surface area contributed by atoms with Gasteiger partial charge in [0.05, 0.1) is 0 Å². The predicted octanol–water partition coefficient (Wildman–Crippen LogP) is 10.1. The molecule has 0 atom stereocenters. The Balaban J connectivity index is 0.000000197. The Morgan fingerprint density at radius 2 is 1.12 bits per heavy atom. The van der Waals surface area contributed by atoms with Crippen LogP contribution in [-0.2, 0) is 0 Å². The fourth-order valence-electron chi connectivity index (χ4n) is 6.21. The third kappa shape index (κ3) is 7.79. The molecule has 0 bridgehead atoms. The molecule has 0 saturated carbocycles. The Morgan fingerprint density at radius 1 is 0.605 bits per heavy atom. The molecule has 0 aliphatic carbocycles. The first-order valence-electron chi connectivity index (χ1n) is 15.4. The summed E-state index contributed by atoms with van der Waals surface area (Å²) in [6, 6.07) is 29.5. The highest BCUT2D eigenvalue weighted by Crippen LogP contribution is 2.58. The molecule has 0 spiro atoms. The molecule has 3 nitrogen and oxygen atoms in total. The standard InChI is InChI=1S/C20H35P.C18H13BO3/c1-14(2)16-11-17(15(3)4)13-18(12-16)21(19(5,6)7)20(8,9)10;20-19(21)22-17-7-3-6-12-8-9-15-10-13-4-1-2-5-14(13)11-16(15)18(12)17/h11-15H,1-10H3;1-11,20-21H. The van der Waals surface area contributed by atoms with Crippen molar-refractivity contribution in [2.75, 3.05) is 0 Å². The summed E-state index contributed by atoms with van der Waals surface area (Å²) >= 11 is 0. The van der Waals surface area contributed by atoms with Crippen molar-refractivity contribution >= 4 is 52.9 Å².